The first kappa shape index (κ1) is 24.8. The van der Waals surface area contributed by atoms with Crippen LogP contribution >= 0.6 is 23.4 Å². The third kappa shape index (κ3) is 6.36. The van der Waals surface area contributed by atoms with E-state index in [1.165, 1.54) is 11.8 Å². The summed E-state index contributed by atoms with van der Waals surface area (Å²) in [4.78, 5) is 25.2. The van der Waals surface area contributed by atoms with Crippen LogP contribution in [0.2, 0.25) is 5.02 Å². The van der Waals surface area contributed by atoms with E-state index in [0.29, 0.717) is 33.8 Å². The number of amides is 2. The van der Waals surface area contributed by atoms with Gasteiger partial charge in [0.1, 0.15) is 0 Å². The highest BCUT2D eigenvalue weighted by Crippen LogP contribution is 2.26. The minimum Gasteiger partial charge on any atom is -0.342 e. The summed E-state index contributed by atoms with van der Waals surface area (Å²) in [6.07, 6.45) is 0. The maximum atomic E-state index is 12.8. The molecule has 174 valence electrons. The first-order valence-electron chi connectivity index (χ1n) is 10.8. The summed E-state index contributed by atoms with van der Waals surface area (Å²) in [6.45, 7) is 8.63. The Kier molecular flexibility index (Phi) is 8.52. The van der Waals surface area contributed by atoms with Gasteiger partial charge in [-0.2, -0.15) is 0 Å². The molecule has 2 aromatic carbocycles. The zero-order valence-electron chi connectivity index (χ0n) is 19.1. The van der Waals surface area contributed by atoms with Crippen molar-refractivity contribution in [3.63, 3.8) is 0 Å². The Hall–Kier alpha value is -2.84. The van der Waals surface area contributed by atoms with Gasteiger partial charge in [0, 0.05) is 12.1 Å². The van der Waals surface area contributed by atoms with Crippen LogP contribution in [0.3, 0.4) is 0 Å². The highest BCUT2D eigenvalue weighted by Gasteiger charge is 2.26. The molecule has 0 saturated carbocycles. The van der Waals surface area contributed by atoms with Gasteiger partial charge in [-0.05, 0) is 44.0 Å². The van der Waals surface area contributed by atoms with Crippen molar-refractivity contribution in [2.24, 2.45) is 5.92 Å². The maximum absolute atomic E-state index is 12.8. The van der Waals surface area contributed by atoms with Gasteiger partial charge in [-0.3, -0.25) is 9.59 Å². The number of thioether (sulfide) groups is 1. The number of halogens is 1. The van der Waals surface area contributed by atoms with Crippen LogP contribution in [0.5, 0.6) is 0 Å². The van der Waals surface area contributed by atoms with Crippen molar-refractivity contribution in [3.8, 4) is 0 Å². The van der Waals surface area contributed by atoms with Gasteiger partial charge in [-0.1, -0.05) is 67.0 Å². The molecule has 1 heterocycles. The van der Waals surface area contributed by atoms with E-state index in [1.807, 2.05) is 62.6 Å². The van der Waals surface area contributed by atoms with Gasteiger partial charge in [-0.15, -0.1) is 10.2 Å². The molecule has 0 aliphatic rings. The van der Waals surface area contributed by atoms with Crippen molar-refractivity contribution in [2.75, 3.05) is 11.1 Å². The van der Waals surface area contributed by atoms with Crippen LogP contribution in [0.1, 0.15) is 48.6 Å². The van der Waals surface area contributed by atoms with Gasteiger partial charge in [0.2, 0.25) is 5.91 Å². The molecule has 0 aliphatic heterocycles. The number of para-hydroxylation sites is 1. The second kappa shape index (κ2) is 11.3. The van der Waals surface area contributed by atoms with Crippen LogP contribution in [-0.2, 0) is 11.3 Å². The Morgan fingerprint density at radius 2 is 1.79 bits per heavy atom. The van der Waals surface area contributed by atoms with E-state index in [0.717, 1.165) is 5.56 Å². The molecule has 9 heteroatoms. The number of nitrogens with zero attached hydrogens (tertiary/aromatic N) is 3. The molecule has 0 saturated heterocycles. The van der Waals surface area contributed by atoms with Crippen LogP contribution in [0.25, 0.3) is 0 Å². The molecule has 2 N–H and O–H groups in total. The Morgan fingerprint density at radius 3 is 2.42 bits per heavy atom. The predicted octanol–water partition coefficient (Wildman–Crippen LogP) is 5.12. The van der Waals surface area contributed by atoms with Crippen molar-refractivity contribution in [3.05, 3.63) is 70.5 Å². The second-order valence-corrected chi connectivity index (χ2v) is 9.31. The summed E-state index contributed by atoms with van der Waals surface area (Å²) in [5.74, 6) is 0.573. The smallest absolute Gasteiger partial charge is 0.251 e. The van der Waals surface area contributed by atoms with Crippen LogP contribution in [-0.4, -0.2) is 32.3 Å². The monoisotopic (exact) mass is 485 g/mol. The highest BCUT2D eigenvalue weighted by molar-refractivity contribution is 7.99. The average Bonchev–Trinajstić information content (AvgIpc) is 3.20. The fourth-order valence-corrected chi connectivity index (χ4v) is 4.26. The maximum Gasteiger partial charge on any atom is 0.251 e. The number of aryl methyl sites for hydroxylation is 1. The molecule has 0 bridgehead atoms. The topological polar surface area (TPSA) is 88.9 Å². The molecule has 2 amide bonds. The second-order valence-electron chi connectivity index (χ2n) is 7.96. The average molecular weight is 486 g/mol. The molecule has 0 radical (unpaired) electrons. The quantitative estimate of drug-likeness (QED) is 0.411. The SMILES string of the molecule is CCn1c(SCC(=O)Nc2ccccc2Cl)nnc1[C@@H](NC(=O)c1ccc(C)cc1)C(C)C. The van der Waals surface area contributed by atoms with E-state index < -0.39 is 0 Å². The molecule has 3 aromatic rings. The van der Waals surface area contributed by atoms with E-state index in [1.54, 1.807) is 18.2 Å². The molecular formula is C24H28ClN5O2S. The first-order chi connectivity index (χ1) is 15.8. The van der Waals surface area contributed by atoms with Crippen molar-refractivity contribution in [1.82, 2.24) is 20.1 Å². The number of carbonyl (C=O) groups is 2. The number of carbonyl (C=O) groups excluding carboxylic acids is 2. The number of nitrogens with one attached hydrogen (secondary N) is 2. The Morgan fingerprint density at radius 1 is 1.09 bits per heavy atom. The van der Waals surface area contributed by atoms with Gasteiger partial charge in [-0.25, -0.2) is 0 Å². The van der Waals surface area contributed by atoms with Gasteiger partial charge in [0.05, 0.1) is 22.5 Å². The first-order valence-corrected chi connectivity index (χ1v) is 12.1. The minimum absolute atomic E-state index is 0.0928. The van der Waals surface area contributed by atoms with E-state index in [-0.39, 0.29) is 29.5 Å². The lowest BCUT2D eigenvalue weighted by Gasteiger charge is -2.22. The predicted molar refractivity (Wildman–Crippen MR) is 133 cm³/mol. The Balaban J connectivity index is 1.71. The molecule has 1 atom stereocenters. The fourth-order valence-electron chi connectivity index (χ4n) is 3.27. The van der Waals surface area contributed by atoms with E-state index in [2.05, 4.69) is 20.8 Å². The number of anilines is 1. The lowest BCUT2D eigenvalue weighted by Crippen LogP contribution is -2.33. The number of hydrogen-bond acceptors (Lipinski definition) is 5. The lowest BCUT2D eigenvalue weighted by molar-refractivity contribution is -0.113. The molecule has 0 fully saturated rings. The molecular weight excluding hydrogens is 458 g/mol. The van der Waals surface area contributed by atoms with Crippen molar-refractivity contribution in [2.45, 2.75) is 45.4 Å². The molecule has 33 heavy (non-hydrogen) atoms. The standard InChI is InChI=1S/C24H28ClN5O2S/c1-5-30-22(21(15(2)3)27-23(32)17-12-10-16(4)11-13-17)28-29-24(30)33-14-20(31)26-19-9-7-6-8-18(19)25/h6-13,15,21H,5,14H2,1-4H3,(H,26,31)(H,27,32)/t21-/m0/s1. The van der Waals surface area contributed by atoms with Gasteiger partial charge in [0.25, 0.3) is 5.91 Å². The minimum atomic E-state index is -0.322. The van der Waals surface area contributed by atoms with Crippen molar-refractivity contribution < 1.29 is 9.59 Å². The van der Waals surface area contributed by atoms with E-state index >= 15 is 0 Å². The van der Waals surface area contributed by atoms with Gasteiger partial charge < -0.3 is 15.2 Å². The third-order valence-corrected chi connectivity index (χ3v) is 6.38. The summed E-state index contributed by atoms with van der Waals surface area (Å²) in [7, 11) is 0. The summed E-state index contributed by atoms with van der Waals surface area (Å²) in [5.41, 5.74) is 2.26. The highest BCUT2D eigenvalue weighted by atomic mass is 35.5. The molecule has 0 spiro atoms. The molecule has 1 aromatic heterocycles. The normalized spacial score (nSPS) is 11.9. The van der Waals surface area contributed by atoms with E-state index in [9.17, 15) is 9.59 Å². The summed E-state index contributed by atoms with van der Waals surface area (Å²) in [5, 5.41) is 15.7. The summed E-state index contributed by atoms with van der Waals surface area (Å²) >= 11 is 7.41. The molecule has 3 rings (SSSR count). The van der Waals surface area contributed by atoms with Crippen LogP contribution in [0.15, 0.2) is 53.7 Å². The van der Waals surface area contributed by atoms with Crippen molar-refractivity contribution >= 4 is 40.9 Å². The van der Waals surface area contributed by atoms with Crippen LogP contribution in [0, 0.1) is 12.8 Å². The van der Waals surface area contributed by atoms with Crippen LogP contribution in [0.4, 0.5) is 5.69 Å². The summed E-state index contributed by atoms with van der Waals surface area (Å²) < 4.78 is 1.94. The lowest BCUT2D eigenvalue weighted by atomic mass is 10.0. The molecule has 0 unspecified atom stereocenters. The van der Waals surface area contributed by atoms with Gasteiger partial charge >= 0.3 is 0 Å². The number of hydrogen-bond donors (Lipinski definition) is 2. The third-order valence-electron chi connectivity index (χ3n) is 5.09. The number of rotatable bonds is 9. The zero-order chi connectivity index (χ0) is 24.0. The van der Waals surface area contributed by atoms with Crippen LogP contribution < -0.4 is 10.6 Å². The Bertz CT molecular complexity index is 1110. The fraction of sp³-hybridized carbons (Fsp3) is 0.333. The zero-order valence-corrected chi connectivity index (χ0v) is 20.7. The Labute approximate surface area is 203 Å². The van der Waals surface area contributed by atoms with Crippen molar-refractivity contribution in [1.29, 1.82) is 0 Å². The largest absolute Gasteiger partial charge is 0.342 e. The van der Waals surface area contributed by atoms with Gasteiger partial charge in [0.15, 0.2) is 11.0 Å². The number of benzene rings is 2. The molecule has 7 nitrogen and oxygen atoms in total. The summed E-state index contributed by atoms with van der Waals surface area (Å²) in [6, 6.07) is 14.2. The van der Waals surface area contributed by atoms with E-state index in [4.69, 9.17) is 11.6 Å². The number of aromatic nitrogens is 3. The molecule has 0 aliphatic carbocycles.